The fourth-order valence-electron chi connectivity index (χ4n) is 2.98. The molecule has 0 spiro atoms. The Morgan fingerprint density at radius 1 is 1.20 bits per heavy atom. The van der Waals surface area contributed by atoms with Gasteiger partial charge in [-0.2, -0.15) is 0 Å². The molecule has 0 atom stereocenters. The lowest BCUT2D eigenvalue weighted by Gasteiger charge is -2.22. The quantitative estimate of drug-likeness (QED) is 0.499. The van der Waals surface area contributed by atoms with E-state index >= 15 is 0 Å². The Morgan fingerprint density at radius 3 is 2.63 bits per heavy atom. The zero-order valence-electron chi connectivity index (χ0n) is 16.5. The molecule has 11 heteroatoms. The maximum Gasteiger partial charge on any atom is 0.271 e. The van der Waals surface area contributed by atoms with E-state index in [1.165, 1.54) is 16.4 Å². The van der Waals surface area contributed by atoms with Crippen LogP contribution in [0.15, 0.2) is 36.4 Å². The maximum atomic E-state index is 12.3. The zero-order valence-corrected chi connectivity index (χ0v) is 17.3. The van der Waals surface area contributed by atoms with Gasteiger partial charge in [0.05, 0.1) is 22.6 Å². The number of nitro benzene ring substituents is 1. The van der Waals surface area contributed by atoms with E-state index in [1.54, 1.807) is 31.2 Å². The summed E-state index contributed by atoms with van der Waals surface area (Å²) in [5, 5.41) is 13.6. The molecule has 1 N–H and O–H groups in total. The number of aryl methyl sites for hydroxylation is 1. The number of rotatable bonds is 8. The number of carbonyl (C=O) groups excluding carboxylic acids is 1. The summed E-state index contributed by atoms with van der Waals surface area (Å²) in [6, 6.07) is 9.03. The highest BCUT2D eigenvalue weighted by Crippen LogP contribution is 2.36. The third-order valence-electron chi connectivity index (χ3n) is 4.52. The highest BCUT2D eigenvalue weighted by atomic mass is 32.2. The van der Waals surface area contributed by atoms with Crippen molar-refractivity contribution in [2.75, 3.05) is 29.2 Å². The number of ether oxygens (including phenoxy) is 2. The van der Waals surface area contributed by atoms with Crippen LogP contribution in [-0.2, 0) is 14.8 Å². The molecule has 10 nitrogen and oxygen atoms in total. The first-order valence-electron chi connectivity index (χ1n) is 9.07. The van der Waals surface area contributed by atoms with E-state index in [9.17, 15) is 23.3 Å². The molecule has 0 saturated carbocycles. The summed E-state index contributed by atoms with van der Waals surface area (Å²) in [4.78, 5) is 22.7. The van der Waals surface area contributed by atoms with Crippen molar-refractivity contribution in [1.82, 2.24) is 0 Å². The largest absolute Gasteiger partial charge is 0.454 e. The summed E-state index contributed by atoms with van der Waals surface area (Å²) >= 11 is 0. The van der Waals surface area contributed by atoms with E-state index in [2.05, 4.69) is 5.32 Å². The van der Waals surface area contributed by atoms with Crippen molar-refractivity contribution in [1.29, 1.82) is 0 Å². The van der Waals surface area contributed by atoms with Gasteiger partial charge in [0.25, 0.3) is 5.69 Å². The molecule has 30 heavy (non-hydrogen) atoms. The predicted octanol–water partition coefficient (Wildman–Crippen LogP) is 2.82. The number of sulfonamides is 1. The van der Waals surface area contributed by atoms with Crippen LogP contribution >= 0.6 is 0 Å². The molecule has 1 amide bonds. The van der Waals surface area contributed by atoms with Crippen LogP contribution in [-0.4, -0.2) is 38.8 Å². The second-order valence-electron chi connectivity index (χ2n) is 6.78. The summed E-state index contributed by atoms with van der Waals surface area (Å²) in [6.07, 6.45) is 1.38. The van der Waals surface area contributed by atoms with Gasteiger partial charge in [-0.15, -0.1) is 0 Å². The normalized spacial score (nSPS) is 12.5. The van der Waals surface area contributed by atoms with Crippen LogP contribution in [0.3, 0.4) is 0 Å². The minimum atomic E-state index is -3.58. The van der Waals surface area contributed by atoms with Gasteiger partial charge in [-0.3, -0.25) is 19.2 Å². The first kappa shape index (κ1) is 21.4. The molecule has 1 heterocycles. The van der Waals surface area contributed by atoms with E-state index in [0.717, 1.165) is 6.26 Å². The lowest BCUT2D eigenvalue weighted by atomic mass is 10.1. The molecule has 0 unspecified atom stereocenters. The van der Waals surface area contributed by atoms with Crippen LogP contribution < -0.4 is 19.1 Å². The van der Waals surface area contributed by atoms with Crippen LogP contribution in [0.1, 0.15) is 18.4 Å². The van der Waals surface area contributed by atoms with Gasteiger partial charge < -0.3 is 14.8 Å². The molecular formula is C19H21N3O7S. The third kappa shape index (κ3) is 4.98. The zero-order chi connectivity index (χ0) is 21.9. The third-order valence-corrected chi connectivity index (χ3v) is 5.71. The SMILES string of the molecule is Cc1ccc([N+](=O)[O-])cc1NC(=O)CCCN(c1ccc2c(c1)OCO2)S(C)(=O)=O. The summed E-state index contributed by atoms with van der Waals surface area (Å²) in [5.74, 6) is 0.636. The number of benzene rings is 2. The molecule has 0 bridgehead atoms. The molecule has 160 valence electrons. The first-order chi connectivity index (χ1) is 14.1. The molecule has 3 rings (SSSR count). The smallest absolute Gasteiger partial charge is 0.271 e. The summed E-state index contributed by atoms with van der Waals surface area (Å²) in [5.41, 5.74) is 1.33. The summed E-state index contributed by atoms with van der Waals surface area (Å²) in [7, 11) is -3.58. The topological polar surface area (TPSA) is 128 Å². The number of fused-ring (bicyclic) bond motifs is 1. The van der Waals surface area contributed by atoms with E-state index in [4.69, 9.17) is 9.47 Å². The number of nitrogens with zero attached hydrogens (tertiary/aromatic N) is 2. The van der Waals surface area contributed by atoms with Gasteiger partial charge in [0, 0.05) is 31.2 Å². The lowest BCUT2D eigenvalue weighted by Crippen LogP contribution is -2.31. The van der Waals surface area contributed by atoms with Crippen LogP contribution in [0.5, 0.6) is 11.5 Å². The van der Waals surface area contributed by atoms with Gasteiger partial charge >= 0.3 is 0 Å². The predicted molar refractivity (Wildman–Crippen MR) is 110 cm³/mol. The van der Waals surface area contributed by atoms with Gasteiger partial charge in [0.1, 0.15) is 0 Å². The number of hydrogen-bond acceptors (Lipinski definition) is 7. The van der Waals surface area contributed by atoms with E-state index in [-0.39, 0.29) is 37.8 Å². The number of nitro groups is 1. The molecule has 1 aliphatic heterocycles. The first-order valence-corrected chi connectivity index (χ1v) is 10.9. The molecule has 1 aliphatic rings. The van der Waals surface area contributed by atoms with Gasteiger partial charge in [0.2, 0.25) is 22.7 Å². The van der Waals surface area contributed by atoms with Crippen molar-refractivity contribution >= 4 is 33.0 Å². The van der Waals surface area contributed by atoms with Crippen LogP contribution in [0.4, 0.5) is 17.1 Å². The number of nitrogens with one attached hydrogen (secondary N) is 1. The Kier molecular flexibility index (Phi) is 6.11. The lowest BCUT2D eigenvalue weighted by molar-refractivity contribution is -0.384. The molecule has 0 saturated heterocycles. The Labute approximate surface area is 173 Å². The number of hydrogen-bond donors (Lipinski definition) is 1. The Bertz CT molecular complexity index is 1090. The van der Waals surface area contributed by atoms with Crippen molar-refractivity contribution in [3.05, 3.63) is 52.1 Å². The maximum absolute atomic E-state index is 12.3. The van der Waals surface area contributed by atoms with Crippen LogP contribution in [0.25, 0.3) is 0 Å². The van der Waals surface area contributed by atoms with Crippen molar-refractivity contribution in [3.8, 4) is 11.5 Å². The number of carbonyl (C=O) groups is 1. The molecule has 0 aromatic heterocycles. The van der Waals surface area contributed by atoms with Crippen molar-refractivity contribution < 1.29 is 27.6 Å². The van der Waals surface area contributed by atoms with Crippen molar-refractivity contribution in [3.63, 3.8) is 0 Å². The molecule has 0 radical (unpaired) electrons. The van der Waals surface area contributed by atoms with Gasteiger partial charge in [-0.05, 0) is 31.0 Å². The van der Waals surface area contributed by atoms with Gasteiger partial charge in [-0.25, -0.2) is 8.42 Å². The fourth-order valence-corrected chi connectivity index (χ4v) is 3.94. The summed E-state index contributed by atoms with van der Waals surface area (Å²) in [6.45, 7) is 1.89. The van der Waals surface area contributed by atoms with Crippen LogP contribution in [0.2, 0.25) is 0 Å². The highest BCUT2D eigenvalue weighted by Gasteiger charge is 2.21. The average Bonchev–Trinajstić information content (AvgIpc) is 3.13. The Balaban J connectivity index is 1.64. The van der Waals surface area contributed by atoms with Crippen molar-refractivity contribution in [2.45, 2.75) is 19.8 Å². The molecule has 2 aromatic rings. The minimum Gasteiger partial charge on any atom is -0.454 e. The second kappa shape index (κ2) is 8.57. The number of anilines is 2. The highest BCUT2D eigenvalue weighted by molar-refractivity contribution is 7.92. The van der Waals surface area contributed by atoms with E-state index in [0.29, 0.717) is 28.4 Å². The molecule has 2 aromatic carbocycles. The Hall–Kier alpha value is -3.34. The molecule has 0 fully saturated rings. The minimum absolute atomic E-state index is 0.0404. The monoisotopic (exact) mass is 435 g/mol. The number of amides is 1. The van der Waals surface area contributed by atoms with Crippen molar-refractivity contribution in [2.24, 2.45) is 0 Å². The second-order valence-corrected chi connectivity index (χ2v) is 8.69. The van der Waals surface area contributed by atoms with Crippen LogP contribution in [0, 0.1) is 17.0 Å². The van der Waals surface area contributed by atoms with Gasteiger partial charge in [0.15, 0.2) is 11.5 Å². The van der Waals surface area contributed by atoms with E-state index < -0.39 is 14.9 Å². The molecular weight excluding hydrogens is 414 g/mol. The van der Waals surface area contributed by atoms with E-state index in [1.807, 2.05) is 0 Å². The number of non-ortho nitro benzene ring substituents is 1. The molecule has 0 aliphatic carbocycles. The standard InChI is InChI=1S/C19H21N3O7S/c1-13-5-6-15(22(24)25)10-16(13)20-19(23)4-3-9-21(30(2,26)27)14-7-8-17-18(11-14)29-12-28-17/h5-8,10-11H,3-4,9,12H2,1-2H3,(H,20,23). The Morgan fingerprint density at radius 2 is 1.93 bits per heavy atom. The van der Waals surface area contributed by atoms with Gasteiger partial charge in [-0.1, -0.05) is 6.07 Å². The average molecular weight is 435 g/mol. The fraction of sp³-hybridized carbons (Fsp3) is 0.316. The summed E-state index contributed by atoms with van der Waals surface area (Å²) < 4.78 is 36.2.